The van der Waals surface area contributed by atoms with Crippen LogP contribution in [0.5, 0.6) is 0 Å². The number of rotatable bonds is 7. The molecule has 0 unspecified atom stereocenters. The van der Waals surface area contributed by atoms with Crippen molar-refractivity contribution in [1.82, 2.24) is 4.57 Å². The molecular formula is C36H34N2O3. The summed E-state index contributed by atoms with van der Waals surface area (Å²) in [6.45, 7) is 0.616. The maximum atomic E-state index is 12.9. The normalized spacial score (nSPS) is 13.7. The second-order valence-corrected chi connectivity index (χ2v) is 10.9. The predicted octanol–water partition coefficient (Wildman–Crippen LogP) is 8.44. The van der Waals surface area contributed by atoms with Crippen LogP contribution in [0.15, 0.2) is 103 Å². The summed E-state index contributed by atoms with van der Waals surface area (Å²) < 4.78 is 7.12. The molecule has 1 aliphatic carbocycles. The number of hydrogen-bond acceptors (Lipinski definition) is 3. The number of anilines is 1. The van der Waals surface area contributed by atoms with Crippen LogP contribution >= 0.6 is 0 Å². The molecule has 1 heterocycles. The molecule has 0 aliphatic heterocycles. The summed E-state index contributed by atoms with van der Waals surface area (Å²) >= 11 is 0. The van der Waals surface area contributed by atoms with Crippen LogP contribution in [0.3, 0.4) is 0 Å². The Kier molecular flexibility index (Phi) is 7.68. The van der Waals surface area contributed by atoms with Crippen molar-refractivity contribution < 1.29 is 14.3 Å². The van der Waals surface area contributed by atoms with Crippen LogP contribution < -0.4 is 5.32 Å². The maximum absolute atomic E-state index is 12.9. The summed E-state index contributed by atoms with van der Waals surface area (Å²) in [4.78, 5) is 25.2. The van der Waals surface area contributed by atoms with Crippen molar-refractivity contribution in [2.45, 2.75) is 44.6 Å². The van der Waals surface area contributed by atoms with Gasteiger partial charge >= 0.3 is 5.97 Å². The highest BCUT2D eigenvalue weighted by Crippen LogP contribution is 2.33. The number of fused-ring (bicyclic) bond motifs is 1. The molecule has 1 saturated carbocycles. The first-order chi connectivity index (χ1) is 20.1. The van der Waals surface area contributed by atoms with Gasteiger partial charge in [-0.05, 0) is 71.8 Å². The molecule has 41 heavy (non-hydrogen) atoms. The molecule has 0 saturated heterocycles. The molecule has 4 aromatic carbocycles. The average Bonchev–Trinajstić information content (AvgIpc) is 3.40. The number of esters is 1. The molecule has 0 bridgehead atoms. The Hall–Kier alpha value is -4.64. The van der Waals surface area contributed by atoms with Crippen molar-refractivity contribution in [3.05, 3.63) is 126 Å². The van der Waals surface area contributed by atoms with E-state index in [0.717, 1.165) is 33.3 Å². The number of carbonyl (C=O) groups is 2. The lowest BCUT2D eigenvalue weighted by atomic mass is 9.84. The van der Waals surface area contributed by atoms with Gasteiger partial charge in [-0.15, -0.1) is 0 Å². The van der Waals surface area contributed by atoms with E-state index in [9.17, 15) is 9.59 Å². The number of nitrogens with zero attached hydrogens (tertiary/aromatic N) is 1. The summed E-state index contributed by atoms with van der Waals surface area (Å²) in [5.74, 6) is 0.165. The smallest absolute Gasteiger partial charge is 0.337 e. The lowest BCUT2D eigenvalue weighted by Crippen LogP contribution is -2.12. The second-order valence-electron chi connectivity index (χ2n) is 10.9. The third-order valence-corrected chi connectivity index (χ3v) is 8.20. The molecule has 0 spiro atoms. The molecule has 1 aliphatic rings. The van der Waals surface area contributed by atoms with Crippen LogP contribution in [0.1, 0.15) is 69.9 Å². The summed E-state index contributed by atoms with van der Waals surface area (Å²) in [5, 5.41) is 4.10. The first kappa shape index (κ1) is 26.6. The van der Waals surface area contributed by atoms with E-state index in [1.54, 1.807) is 0 Å². The molecule has 5 nitrogen and oxygen atoms in total. The van der Waals surface area contributed by atoms with Crippen molar-refractivity contribution in [2.75, 3.05) is 12.4 Å². The minimum atomic E-state index is -0.357. The first-order valence-electron chi connectivity index (χ1n) is 14.4. The lowest BCUT2D eigenvalue weighted by molar-refractivity contribution is 0.0600. The second kappa shape index (κ2) is 11.8. The van der Waals surface area contributed by atoms with E-state index >= 15 is 0 Å². The zero-order chi connectivity index (χ0) is 28.2. The molecular weight excluding hydrogens is 508 g/mol. The van der Waals surface area contributed by atoms with Crippen molar-refractivity contribution in [2.24, 2.45) is 0 Å². The lowest BCUT2D eigenvalue weighted by Gasteiger charge is -2.22. The Morgan fingerprint density at radius 3 is 2.24 bits per heavy atom. The molecule has 5 heteroatoms. The van der Waals surface area contributed by atoms with Crippen molar-refractivity contribution in [3.8, 4) is 11.1 Å². The van der Waals surface area contributed by atoms with Gasteiger partial charge in [0.1, 0.15) is 0 Å². The summed E-state index contributed by atoms with van der Waals surface area (Å²) in [6, 6.07) is 32.0. The van der Waals surface area contributed by atoms with E-state index in [2.05, 4.69) is 40.3 Å². The van der Waals surface area contributed by atoms with Gasteiger partial charge in [-0.25, -0.2) is 4.79 Å². The number of carbonyl (C=O) groups excluding carboxylic acids is 2. The summed E-state index contributed by atoms with van der Waals surface area (Å²) in [5.41, 5.74) is 7.55. The molecule has 1 amide bonds. The summed E-state index contributed by atoms with van der Waals surface area (Å²) in [7, 11) is 1.40. The highest BCUT2D eigenvalue weighted by atomic mass is 16.5. The molecule has 206 valence electrons. The Bertz CT molecular complexity index is 1660. The Balaban J connectivity index is 1.19. The van der Waals surface area contributed by atoms with E-state index < -0.39 is 0 Å². The average molecular weight is 543 g/mol. The van der Waals surface area contributed by atoms with Gasteiger partial charge in [0, 0.05) is 40.5 Å². The predicted molar refractivity (Wildman–Crippen MR) is 164 cm³/mol. The first-order valence-corrected chi connectivity index (χ1v) is 14.4. The van der Waals surface area contributed by atoms with E-state index in [-0.39, 0.29) is 11.9 Å². The number of aromatic nitrogens is 1. The largest absolute Gasteiger partial charge is 0.465 e. The fourth-order valence-corrected chi connectivity index (χ4v) is 5.95. The van der Waals surface area contributed by atoms with Crippen LogP contribution in [-0.2, 0) is 11.3 Å². The van der Waals surface area contributed by atoms with Crippen molar-refractivity contribution in [3.63, 3.8) is 0 Å². The number of hydrogen-bond donors (Lipinski definition) is 1. The SMILES string of the molecule is COC(=O)c1ccc2c(-c3ccccc3)cn(Cc3ccc(NC(=O)c4ccc(C5CCCCC5)cc4)cc3)c2c1. The van der Waals surface area contributed by atoms with Gasteiger partial charge in [-0.2, -0.15) is 0 Å². The fraction of sp³-hybridized carbons (Fsp3) is 0.222. The number of methoxy groups -OCH3 is 1. The molecule has 1 fully saturated rings. The third-order valence-electron chi connectivity index (χ3n) is 8.20. The molecule has 0 atom stereocenters. The third kappa shape index (κ3) is 5.80. The number of ether oxygens (including phenoxy) is 1. The maximum Gasteiger partial charge on any atom is 0.337 e. The van der Waals surface area contributed by atoms with Gasteiger partial charge in [0.2, 0.25) is 0 Å². The van der Waals surface area contributed by atoms with E-state index in [1.165, 1.54) is 44.8 Å². The number of benzene rings is 4. The van der Waals surface area contributed by atoms with Gasteiger partial charge < -0.3 is 14.6 Å². The van der Waals surface area contributed by atoms with Gasteiger partial charge in [0.15, 0.2) is 0 Å². The van der Waals surface area contributed by atoms with Gasteiger partial charge in [-0.1, -0.05) is 79.9 Å². The van der Waals surface area contributed by atoms with Crippen LogP contribution in [0.4, 0.5) is 5.69 Å². The minimum absolute atomic E-state index is 0.104. The molecule has 1 aromatic heterocycles. The molecule has 1 N–H and O–H groups in total. The van der Waals surface area contributed by atoms with E-state index in [4.69, 9.17) is 4.74 Å². The number of nitrogens with one attached hydrogen (secondary N) is 1. The van der Waals surface area contributed by atoms with Crippen LogP contribution in [0.25, 0.3) is 22.0 Å². The molecule has 6 rings (SSSR count). The Morgan fingerprint density at radius 2 is 1.54 bits per heavy atom. The van der Waals surface area contributed by atoms with Gasteiger partial charge in [0.25, 0.3) is 5.91 Å². The van der Waals surface area contributed by atoms with E-state index in [0.29, 0.717) is 23.6 Å². The van der Waals surface area contributed by atoms with Crippen LogP contribution in [0.2, 0.25) is 0 Å². The minimum Gasteiger partial charge on any atom is -0.465 e. The quantitative estimate of drug-likeness (QED) is 0.210. The number of amides is 1. The fourth-order valence-electron chi connectivity index (χ4n) is 5.95. The van der Waals surface area contributed by atoms with Crippen LogP contribution in [-0.4, -0.2) is 23.6 Å². The van der Waals surface area contributed by atoms with Crippen molar-refractivity contribution >= 4 is 28.5 Å². The molecule has 0 radical (unpaired) electrons. The zero-order valence-electron chi connectivity index (χ0n) is 23.3. The topological polar surface area (TPSA) is 60.3 Å². The highest BCUT2D eigenvalue weighted by molar-refractivity contribution is 6.04. The van der Waals surface area contributed by atoms with E-state index in [1.807, 2.05) is 72.8 Å². The highest BCUT2D eigenvalue weighted by Gasteiger charge is 2.17. The van der Waals surface area contributed by atoms with Crippen LogP contribution in [0, 0.1) is 0 Å². The van der Waals surface area contributed by atoms with Gasteiger partial charge in [0.05, 0.1) is 12.7 Å². The van der Waals surface area contributed by atoms with Gasteiger partial charge in [-0.3, -0.25) is 4.79 Å². The Labute approximate surface area is 240 Å². The Morgan fingerprint density at radius 1 is 0.829 bits per heavy atom. The summed E-state index contributed by atoms with van der Waals surface area (Å²) in [6.07, 6.45) is 8.56. The molecule has 5 aromatic rings. The zero-order valence-corrected chi connectivity index (χ0v) is 23.3. The standard InChI is InChI=1S/C36H34N2O3/c1-41-36(40)30-18-21-32-33(28-10-6-3-7-11-28)24-38(34(32)22-30)23-25-12-19-31(20-13-25)37-35(39)29-16-14-27(15-17-29)26-8-4-2-5-9-26/h3,6-7,10-22,24,26H,2,4-5,8-9,23H2,1H3,(H,37,39). The monoisotopic (exact) mass is 542 g/mol. The van der Waals surface area contributed by atoms with Crippen molar-refractivity contribution in [1.29, 1.82) is 0 Å².